The summed E-state index contributed by atoms with van der Waals surface area (Å²) >= 11 is 6.05. The number of hydrogen-bond acceptors (Lipinski definition) is 3. The average Bonchev–Trinajstić information content (AvgIpc) is 2.65. The van der Waals surface area contributed by atoms with Crippen molar-refractivity contribution < 1.29 is 26.4 Å². The molecule has 1 N–H and O–H groups in total. The van der Waals surface area contributed by atoms with E-state index in [4.69, 9.17) is 11.6 Å². The fourth-order valence-corrected chi connectivity index (χ4v) is 4.45. The van der Waals surface area contributed by atoms with Gasteiger partial charge >= 0.3 is 6.18 Å². The van der Waals surface area contributed by atoms with Crippen molar-refractivity contribution in [2.45, 2.75) is 18.0 Å². The SMILES string of the molecule is C=CCN(c1cccc(C(F)(F)F)c1)S(=O)(=O)c1cc(C(=O)NCC)ccc1Cl. The molecular weight excluding hydrogens is 429 g/mol. The van der Waals surface area contributed by atoms with Crippen LogP contribution in [0.15, 0.2) is 60.0 Å². The average molecular weight is 447 g/mol. The van der Waals surface area contributed by atoms with Crippen molar-refractivity contribution in [3.63, 3.8) is 0 Å². The number of nitrogens with one attached hydrogen (secondary N) is 1. The molecule has 10 heteroatoms. The van der Waals surface area contributed by atoms with Crippen molar-refractivity contribution in [1.82, 2.24) is 5.32 Å². The van der Waals surface area contributed by atoms with Crippen LogP contribution in [0.2, 0.25) is 5.02 Å². The molecule has 0 radical (unpaired) electrons. The lowest BCUT2D eigenvalue weighted by Crippen LogP contribution is -2.32. The van der Waals surface area contributed by atoms with Crippen LogP contribution in [0, 0.1) is 0 Å². The summed E-state index contributed by atoms with van der Waals surface area (Å²) in [6.07, 6.45) is -3.41. The fraction of sp³-hybridized carbons (Fsp3) is 0.211. The van der Waals surface area contributed by atoms with E-state index in [0.29, 0.717) is 6.54 Å². The van der Waals surface area contributed by atoms with Crippen LogP contribution in [0.3, 0.4) is 0 Å². The zero-order valence-corrected chi connectivity index (χ0v) is 16.9. The molecular formula is C19H18ClF3N2O3S. The molecule has 156 valence electrons. The third-order valence-corrected chi connectivity index (χ3v) is 6.13. The Morgan fingerprint density at radius 1 is 1.24 bits per heavy atom. The summed E-state index contributed by atoms with van der Waals surface area (Å²) in [5, 5.41) is 2.37. The minimum Gasteiger partial charge on any atom is -0.352 e. The summed E-state index contributed by atoms with van der Waals surface area (Å²) < 4.78 is 66.4. The normalized spacial score (nSPS) is 11.8. The highest BCUT2D eigenvalue weighted by molar-refractivity contribution is 7.93. The molecule has 0 unspecified atom stereocenters. The molecule has 0 fully saturated rings. The van der Waals surface area contributed by atoms with Crippen LogP contribution in [0.1, 0.15) is 22.8 Å². The van der Waals surface area contributed by atoms with E-state index in [-0.39, 0.29) is 22.8 Å². The highest BCUT2D eigenvalue weighted by Crippen LogP contribution is 2.34. The molecule has 5 nitrogen and oxygen atoms in total. The van der Waals surface area contributed by atoms with Crippen LogP contribution in [0.25, 0.3) is 0 Å². The number of rotatable bonds is 7. The summed E-state index contributed by atoms with van der Waals surface area (Å²) in [7, 11) is -4.40. The molecule has 2 rings (SSSR count). The first-order valence-corrected chi connectivity index (χ1v) is 10.2. The number of carbonyl (C=O) groups is 1. The van der Waals surface area contributed by atoms with Gasteiger partial charge in [0.1, 0.15) is 4.90 Å². The summed E-state index contributed by atoms with van der Waals surface area (Å²) in [5.74, 6) is -0.505. The molecule has 2 aromatic carbocycles. The van der Waals surface area contributed by atoms with E-state index in [1.165, 1.54) is 24.3 Å². The lowest BCUT2D eigenvalue weighted by Gasteiger charge is -2.24. The summed E-state index contributed by atoms with van der Waals surface area (Å²) in [6, 6.07) is 7.60. The standard InChI is InChI=1S/C19H18ClF3N2O3S/c1-3-10-25(15-7-5-6-14(12-15)19(21,22)23)29(27,28)17-11-13(8-9-16(17)20)18(26)24-4-2/h3,5-9,11-12H,1,4,10H2,2H3,(H,24,26). The van der Waals surface area contributed by atoms with Gasteiger partial charge in [0, 0.05) is 12.1 Å². The van der Waals surface area contributed by atoms with Crippen molar-refractivity contribution in [2.75, 3.05) is 17.4 Å². The second kappa shape index (κ2) is 8.87. The third kappa shape index (κ3) is 5.10. The highest BCUT2D eigenvalue weighted by atomic mass is 35.5. The van der Waals surface area contributed by atoms with Crippen molar-refractivity contribution >= 4 is 33.2 Å². The lowest BCUT2D eigenvalue weighted by atomic mass is 10.2. The zero-order valence-electron chi connectivity index (χ0n) is 15.3. The van der Waals surface area contributed by atoms with E-state index in [9.17, 15) is 26.4 Å². The Hall–Kier alpha value is -2.52. The second-order valence-electron chi connectivity index (χ2n) is 5.88. The molecule has 0 heterocycles. The Labute approximate surface area is 171 Å². The number of alkyl halides is 3. The topological polar surface area (TPSA) is 66.5 Å². The maximum Gasteiger partial charge on any atom is 0.416 e. The number of sulfonamides is 1. The third-order valence-electron chi connectivity index (χ3n) is 3.86. The lowest BCUT2D eigenvalue weighted by molar-refractivity contribution is -0.137. The minimum atomic E-state index is -4.64. The van der Waals surface area contributed by atoms with E-state index in [1.54, 1.807) is 6.92 Å². The molecule has 0 aliphatic carbocycles. The molecule has 0 spiro atoms. The van der Waals surface area contributed by atoms with Gasteiger partial charge in [0.25, 0.3) is 15.9 Å². The second-order valence-corrected chi connectivity index (χ2v) is 8.12. The Morgan fingerprint density at radius 3 is 2.52 bits per heavy atom. The van der Waals surface area contributed by atoms with E-state index in [1.807, 2.05) is 0 Å². The number of halogens is 4. The molecule has 0 aromatic heterocycles. The predicted octanol–water partition coefficient (Wildman–Crippen LogP) is 4.49. The molecule has 0 bridgehead atoms. The van der Waals surface area contributed by atoms with E-state index >= 15 is 0 Å². The van der Waals surface area contributed by atoms with Crippen LogP contribution in [-0.2, 0) is 16.2 Å². The summed E-state index contributed by atoms with van der Waals surface area (Å²) in [6.45, 7) is 5.20. The molecule has 0 atom stereocenters. The van der Waals surface area contributed by atoms with Crippen molar-refractivity contribution in [2.24, 2.45) is 0 Å². The van der Waals surface area contributed by atoms with Crippen LogP contribution < -0.4 is 9.62 Å². The zero-order chi connectivity index (χ0) is 21.8. The quantitative estimate of drug-likeness (QED) is 0.637. The number of hydrogen-bond donors (Lipinski definition) is 1. The molecule has 0 saturated heterocycles. The van der Waals surface area contributed by atoms with E-state index in [0.717, 1.165) is 28.6 Å². The summed E-state index contributed by atoms with van der Waals surface area (Å²) in [4.78, 5) is 11.7. The highest BCUT2D eigenvalue weighted by Gasteiger charge is 2.33. The molecule has 0 saturated carbocycles. The maximum atomic E-state index is 13.2. The first kappa shape index (κ1) is 22.8. The van der Waals surface area contributed by atoms with Crippen LogP contribution in [-0.4, -0.2) is 27.4 Å². The number of anilines is 1. The molecule has 0 aliphatic heterocycles. The number of nitrogens with zero attached hydrogens (tertiary/aromatic N) is 1. The van der Waals surface area contributed by atoms with Crippen LogP contribution >= 0.6 is 11.6 Å². The fourth-order valence-electron chi connectivity index (χ4n) is 2.52. The van der Waals surface area contributed by atoms with Crippen molar-refractivity contribution in [3.8, 4) is 0 Å². The van der Waals surface area contributed by atoms with E-state index in [2.05, 4.69) is 11.9 Å². The first-order chi connectivity index (χ1) is 13.5. The van der Waals surface area contributed by atoms with Crippen LogP contribution in [0.4, 0.5) is 18.9 Å². The number of benzene rings is 2. The summed E-state index contributed by atoms with van der Waals surface area (Å²) in [5.41, 5.74) is -1.15. The Morgan fingerprint density at radius 2 is 1.93 bits per heavy atom. The monoisotopic (exact) mass is 446 g/mol. The van der Waals surface area contributed by atoms with Gasteiger partial charge in [-0.05, 0) is 43.3 Å². The molecule has 29 heavy (non-hydrogen) atoms. The minimum absolute atomic E-state index is 0.0532. The van der Waals surface area contributed by atoms with Gasteiger partial charge in [0.15, 0.2) is 0 Å². The largest absolute Gasteiger partial charge is 0.416 e. The van der Waals surface area contributed by atoms with Gasteiger partial charge in [-0.3, -0.25) is 9.10 Å². The maximum absolute atomic E-state index is 13.2. The van der Waals surface area contributed by atoms with Gasteiger partial charge in [-0.15, -0.1) is 6.58 Å². The van der Waals surface area contributed by atoms with Gasteiger partial charge in [-0.25, -0.2) is 8.42 Å². The Balaban J connectivity index is 2.60. The van der Waals surface area contributed by atoms with E-state index < -0.39 is 32.6 Å². The predicted molar refractivity (Wildman–Crippen MR) is 106 cm³/mol. The van der Waals surface area contributed by atoms with Crippen molar-refractivity contribution in [1.29, 1.82) is 0 Å². The van der Waals surface area contributed by atoms with Gasteiger partial charge in [0.05, 0.1) is 22.8 Å². The van der Waals surface area contributed by atoms with Gasteiger partial charge in [-0.2, -0.15) is 13.2 Å². The Kier molecular flexibility index (Phi) is 6.97. The van der Waals surface area contributed by atoms with Gasteiger partial charge in [0.2, 0.25) is 0 Å². The van der Waals surface area contributed by atoms with Gasteiger partial charge in [-0.1, -0.05) is 23.7 Å². The Bertz CT molecular complexity index is 1020. The molecule has 2 aromatic rings. The first-order valence-electron chi connectivity index (χ1n) is 8.41. The van der Waals surface area contributed by atoms with Gasteiger partial charge < -0.3 is 5.32 Å². The number of amides is 1. The smallest absolute Gasteiger partial charge is 0.352 e. The van der Waals surface area contributed by atoms with Crippen molar-refractivity contribution in [3.05, 3.63) is 71.3 Å². The molecule has 1 amide bonds. The van der Waals surface area contributed by atoms with Crippen LogP contribution in [0.5, 0.6) is 0 Å². The molecule has 0 aliphatic rings. The number of carbonyl (C=O) groups excluding carboxylic acids is 1.